The number of benzene rings is 1. The van der Waals surface area contributed by atoms with Crippen molar-refractivity contribution in [2.75, 3.05) is 32.8 Å². The zero-order chi connectivity index (χ0) is 20.3. The Morgan fingerprint density at radius 1 is 1.31 bits per heavy atom. The zero-order valence-electron chi connectivity index (χ0n) is 16.8. The standard InChI is InChI=1S/C22H28N4O3/c1-22(28,14-26-7-6-17-4-2-3-5-18(17)10-26)13-23-21(27)20-9-19(24-15-25-20)8-16-11-29-12-16/h2-5,9,15-16,28H,6-8,10-14H2,1H3,(H,23,27). The fraction of sp³-hybridized carbons (Fsp3) is 0.500. The SMILES string of the molecule is CC(O)(CNC(=O)c1cc(CC2COC2)ncn1)CN1CCc2ccccc2C1. The minimum Gasteiger partial charge on any atom is -0.387 e. The van der Waals surface area contributed by atoms with E-state index < -0.39 is 5.60 Å². The maximum absolute atomic E-state index is 12.5. The third-order valence-corrected chi connectivity index (χ3v) is 5.56. The summed E-state index contributed by atoms with van der Waals surface area (Å²) in [7, 11) is 0. The second kappa shape index (κ2) is 8.57. The summed E-state index contributed by atoms with van der Waals surface area (Å²) in [4.78, 5) is 23.1. The summed E-state index contributed by atoms with van der Waals surface area (Å²) in [6.07, 6.45) is 3.19. The summed E-state index contributed by atoms with van der Waals surface area (Å²) in [5.41, 5.74) is 2.84. The molecule has 1 aromatic heterocycles. The van der Waals surface area contributed by atoms with Gasteiger partial charge in [0.15, 0.2) is 0 Å². The van der Waals surface area contributed by atoms with E-state index in [1.807, 2.05) is 0 Å². The van der Waals surface area contributed by atoms with E-state index in [1.165, 1.54) is 17.5 Å². The average Bonchev–Trinajstić information content (AvgIpc) is 2.69. The first-order chi connectivity index (χ1) is 14.0. The maximum Gasteiger partial charge on any atom is 0.270 e. The molecule has 29 heavy (non-hydrogen) atoms. The summed E-state index contributed by atoms with van der Waals surface area (Å²) in [5, 5.41) is 13.6. The molecule has 154 valence electrons. The molecule has 0 radical (unpaired) electrons. The highest BCUT2D eigenvalue weighted by Crippen LogP contribution is 2.20. The van der Waals surface area contributed by atoms with Crippen LogP contribution in [0.3, 0.4) is 0 Å². The van der Waals surface area contributed by atoms with Crippen LogP contribution in [0, 0.1) is 5.92 Å². The number of hydrogen-bond donors (Lipinski definition) is 2. The second-order valence-corrected chi connectivity index (χ2v) is 8.41. The van der Waals surface area contributed by atoms with Gasteiger partial charge in [-0.3, -0.25) is 9.69 Å². The van der Waals surface area contributed by atoms with Gasteiger partial charge in [0.05, 0.1) is 18.8 Å². The monoisotopic (exact) mass is 396 g/mol. The van der Waals surface area contributed by atoms with Gasteiger partial charge in [-0.05, 0) is 37.0 Å². The van der Waals surface area contributed by atoms with Crippen LogP contribution in [-0.2, 0) is 24.1 Å². The van der Waals surface area contributed by atoms with E-state index in [-0.39, 0.29) is 12.5 Å². The highest BCUT2D eigenvalue weighted by Gasteiger charge is 2.27. The van der Waals surface area contributed by atoms with Gasteiger partial charge in [-0.2, -0.15) is 0 Å². The van der Waals surface area contributed by atoms with Crippen LogP contribution < -0.4 is 5.32 Å². The van der Waals surface area contributed by atoms with Crippen molar-refractivity contribution in [1.82, 2.24) is 20.2 Å². The van der Waals surface area contributed by atoms with Crippen LogP contribution in [0.4, 0.5) is 0 Å². The Bertz CT molecular complexity index is 867. The molecule has 0 spiro atoms. The number of fused-ring (bicyclic) bond motifs is 1. The molecule has 1 amide bonds. The van der Waals surface area contributed by atoms with Gasteiger partial charge in [0.2, 0.25) is 0 Å². The van der Waals surface area contributed by atoms with Gasteiger partial charge >= 0.3 is 0 Å². The number of carbonyl (C=O) groups excluding carboxylic acids is 1. The molecule has 1 atom stereocenters. The summed E-state index contributed by atoms with van der Waals surface area (Å²) < 4.78 is 5.19. The van der Waals surface area contributed by atoms with E-state index in [0.29, 0.717) is 18.2 Å². The Hall–Kier alpha value is -2.35. The molecular formula is C22H28N4O3. The predicted molar refractivity (Wildman–Crippen MR) is 108 cm³/mol. The van der Waals surface area contributed by atoms with Crippen molar-refractivity contribution in [2.24, 2.45) is 5.92 Å². The fourth-order valence-electron chi connectivity index (χ4n) is 3.92. The molecule has 2 aromatic rings. The number of rotatable bonds is 7. The van der Waals surface area contributed by atoms with E-state index in [0.717, 1.165) is 44.8 Å². The Morgan fingerprint density at radius 2 is 2.10 bits per heavy atom. The van der Waals surface area contributed by atoms with Crippen molar-refractivity contribution in [3.63, 3.8) is 0 Å². The molecule has 2 aliphatic rings. The summed E-state index contributed by atoms with van der Waals surface area (Å²) >= 11 is 0. The number of aromatic nitrogens is 2. The molecule has 1 fully saturated rings. The number of nitrogens with one attached hydrogen (secondary N) is 1. The van der Waals surface area contributed by atoms with Crippen LogP contribution in [0.15, 0.2) is 36.7 Å². The number of amides is 1. The molecule has 0 bridgehead atoms. The van der Waals surface area contributed by atoms with Crippen LogP contribution >= 0.6 is 0 Å². The van der Waals surface area contributed by atoms with Crippen LogP contribution in [0.5, 0.6) is 0 Å². The third-order valence-electron chi connectivity index (χ3n) is 5.56. The zero-order valence-corrected chi connectivity index (χ0v) is 16.8. The number of ether oxygens (including phenoxy) is 1. The van der Waals surface area contributed by atoms with Gasteiger partial charge in [0.1, 0.15) is 12.0 Å². The smallest absolute Gasteiger partial charge is 0.270 e. The van der Waals surface area contributed by atoms with Gasteiger partial charge in [0.25, 0.3) is 5.91 Å². The van der Waals surface area contributed by atoms with E-state index in [2.05, 4.69) is 44.5 Å². The lowest BCUT2D eigenvalue weighted by Gasteiger charge is -2.34. The van der Waals surface area contributed by atoms with Crippen molar-refractivity contribution in [1.29, 1.82) is 0 Å². The highest BCUT2D eigenvalue weighted by molar-refractivity contribution is 5.92. The quantitative estimate of drug-likeness (QED) is 0.731. The van der Waals surface area contributed by atoms with E-state index in [1.54, 1.807) is 13.0 Å². The Kier molecular flexibility index (Phi) is 5.89. The summed E-state index contributed by atoms with van der Waals surface area (Å²) in [5.74, 6) is 0.180. The Balaban J connectivity index is 1.29. The number of hydrogen-bond acceptors (Lipinski definition) is 6. The largest absolute Gasteiger partial charge is 0.387 e. The number of nitrogens with zero attached hydrogens (tertiary/aromatic N) is 3. The fourth-order valence-corrected chi connectivity index (χ4v) is 3.92. The minimum absolute atomic E-state index is 0.166. The van der Waals surface area contributed by atoms with Gasteiger partial charge in [-0.15, -0.1) is 0 Å². The molecule has 7 nitrogen and oxygen atoms in total. The number of carbonyl (C=O) groups is 1. The van der Waals surface area contributed by atoms with Crippen LogP contribution in [-0.4, -0.2) is 64.3 Å². The summed E-state index contributed by atoms with van der Waals surface area (Å²) in [6.45, 7) is 5.64. The van der Waals surface area contributed by atoms with Gasteiger partial charge in [-0.1, -0.05) is 24.3 Å². The van der Waals surface area contributed by atoms with E-state index >= 15 is 0 Å². The normalized spacial score (nSPS) is 19.1. The molecule has 2 N–H and O–H groups in total. The van der Waals surface area contributed by atoms with Gasteiger partial charge in [0, 0.05) is 37.8 Å². The van der Waals surface area contributed by atoms with Crippen molar-refractivity contribution in [3.05, 3.63) is 59.2 Å². The first-order valence-electron chi connectivity index (χ1n) is 10.2. The molecule has 7 heteroatoms. The Labute approximate surface area is 171 Å². The molecule has 3 heterocycles. The number of β-amino-alcohol motifs (C(OH)–C–C–N with tert-alkyl or cyclic N) is 1. The molecule has 4 rings (SSSR count). The third kappa shape index (κ3) is 5.18. The van der Waals surface area contributed by atoms with Crippen molar-refractivity contribution in [3.8, 4) is 0 Å². The molecule has 0 saturated carbocycles. The molecule has 2 aliphatic heterocycles. The first-order valence-corrected chi connectivity index (χ1v) is 10.2. The van der Waals surface area contributed by atoms with Gasteiger partial charge < -0.3 is 15.2 Å². The molecule has 1 unspecified atom stereocenters. The van der Waals surface area contributed by atoms with E-state index in [4.69, 9.17) is 4.74 Å². The van der Waals surface area contributed by atoms with Crippen molar-refractivity contribution < 1.29 is 14.6 Å². The second-order valence-electron chi connectivity index (χ2n) is 8.41. The first kappa shape index (κ1) is 19.9. The van der Waals surface area contributed by atoms with Crippen molar-refractivity contribution >= 4 is 5.91 Å². The maximum atomic E-state index is 12.5. The molecule has 1 saturated heterocycles. The Morgan fingerprint density at radius 3 is 2.86 bits per heavy atom. The lowest BCUT2D eigenvalue weighted by atomic mass is 9.98. The molecule has 1 aromatic carbocycles. The topological polar surface area (TPSA) is 87.6 Å². The average molecular weight is 396 g/mol. The lowest BCUT2D eigenvalue weighted by molar-refractivity contribution is -0.0316. The lowest BCUT2D eigenvalue weighted by Crippen LogP contribution is -2.49. The highest BCUT2D eigenvalue weighted by atomic mass is 16.5. The predicted octanol–water partition coefficient (Wildman–Crippen LogP) is 1.20. The van der Waals surface area contributed by atoms with Crippen LogP contribution in [0.2, 0.25) is 0 Å². The number of aliphatic hydroxyl groups is 1. The van der Waals surface area contributed by atoms with Crippen molar-refractivity contribution in [2.45, 2.75) is 31.9 Å². The molecular weight excluding hydrogens is 368 g/mol. The molecule has 0 aliphatic carbocycles. The van der Waals surface area contributed by atoms with Crippen LogP contribution in [0.1, 0.15) is 34.2 Å². The minimum atomic E-state index is -1.03. The summed E-state index contributed by atoms with van der Waals surface area (Å²) in [6, 6.07) is 10.1. The van der Waals surface area contributed by atoms with Gasteiger partial charge in [-0.25, -0.2) is 9.97 Å². The van der Waals surface area contributed by atoms with E-state index in [9.17, 15) is 9.90 Å². The van der Waals surface area contributed by atoms with Crippen LogP contribution in [0.25, 0.3) is 0 Å².